The highest BCUT2D eigenvalue weighted by atomic mass is 16.6. The Balaban J connectivity index is 0.799. The van der Waals surface area contributed by atoms with E-state index in [9.17, 15) is 24.0 Å². The number of primary amides is 1. The first kappa shape index (κ1) is 36.3. The molecule has 18 heteroatoms. The Hall–Kier alpha value is -5.65. The lowest BCUT2D eigenvalue weighted by Gasteiger charge is -2.48. The van der Waals surface area contributed by atoms with Gasteiger partial charge in [-0.1, -0.05) is 0 Å². The van der Waals surface area contributed by atoms with Gasteiger partial charge in [-0.2, -0.15) is 5.10 Å². The number of pyridine rings is 1. The minimum absolute atomic E-state index is 0.0358. The van der Waals surface area contributed by atoms with Crippen molar-refractivity contribution in [2.24, 2.45) is 18.7 Å². The van der Waals surface area contributed by atoms with Crippen molar-refractivity contribution in [3.63, 3.8) is 0 Å². The number of Topliss-reactive ketones (excluding diaryl/α,β-unsaturated/α-hetero) is 2. The molecule has 5 fully saturated rings. The highest BCUT2D eigenvalue weighted by Crippen LogP contribution is 2.37. The van der Waals surface area contributed by atoms with Crippen LogP contribution < -0.4 is 26.2 Å². The average Bonchev–Trinajstić information content (AvgIpc) is 3.74. The molecular weight excluding hydrogens is 708 g/mol. The van der Waals surface area contributed by atoms with E-state index in [4.69, 9.17) is 15.5 Å². The van der Waals surface area contributed by atoms with E-state index in [0.717, 1.165) is 57.5 Å². The Morgan fingerprint density at radius 3 is 2.51 bits per heavy atom. The second-order valence-corrected chi connectivity index (χ2v) is 15.5. The van der Waals surface area contributed by atoms with Crippen molar-refractivity contribution >= 4 is 52.5 Å². The number of nitrogens with one attached hydrogen (secondary N) is 2. The summed E-state index contributed by atoms with van der Waals surface area (Å²) in [7, 11) is 1.79. The van der Waals surface area contributed by atoms with Crippen LogP contribution in [0.15, 0.2) is 36.9 Å². The molecular formula is C37H46N12O6. The number of hydrogen-bond acceptors (Lipinski definition) is 14. The Morgan fingerprint density at radius 1 is 0.982 bits per heavy atom. The van der Waals surface area contributed by atoms with Gasteiger partial charge >= 0.3 is 6.09 Å². The lowest BCUT2D eigenvalue weighted by atomic mass is 9.89. The number of nitrogens with two attached hydrogens (primary N) is 1. The molecule has 18 nitrogen and oxygen atoms in total. The average molecular weight is 755 g/mol. The first-order valence-corrected chi connectivity index (χ1v) is 19.0. The smallest absolute Gasteiger partial charge is 0.410 e. The molecule has 55 heavy (non-hydrogen) atoms. The van der Waals surface area contributed by atoms with E-state index >= 15 is 0 Å². The molecule has 3 amide bonds. The number of carbonyl (C=O) groups excluding carboxylic acids is 5. The molecule has 0 radical (unpaired) electrons. The van der Waals surface area contributed by atoms with E-state index in [1.54, 1.807) is 42.6 Å². The van der Waals surface area contributed by atoms with Crippen LogP contribution >= 0.6 is 0 Å². The van der Waals surface area contributed by atoms with Gasteiger partial charge in [0.15, 0.2) is 22.9 Å². The van der Waals surface area contributed by atoms with Gasteiger partial charge in [0.1, 0.15) is 17.3 Å². The standard InChI is InChI=1S/C37H46N12O6/c1-45-18-24(14-41-45)42-34-32(33(38)52)40-16-31(44-34)48-10-2-3-26(19-48)49-22-37(55-36(49)54)20-46(21-37)17-23-8-11-47(12-9-23)25-4-6-29(39-15-25)35(53)43-28-7-5-27(50)13-30(28)51/h4,6,14-16,18,23,26,28H,2-3,5,7-13,17,19-22H2,1H3,(H2,38,52)(H,42,44)(H,43,53)/t26-,28?/m0/s1. The second kappa shape index (κ2) is 14.9. The summed E-state index contributed by atoms with van der Waals surface area (Å²) in [6, 6.07) is 2.90. The monoisotopic (exact) mass is 754 g/mol. The number of piperidine rings is 2. The van der Waals surface area contributed by atoms with E-state index < -0.39 is 23.5 Å². The van der Waals surface area contributed by atoms with Gasteiger partial charge in [0.25, 0.3) is 11.8 Å². The normalized spacial score (nSPS) is 23.1. The molecule has 290 valence electrons. The van der Waals surface area contributed by atoms with Gasteiger partial charge in [0.05, 0.1) is 55.0 Å². The zero-order chi connectivity index (χ0) is 38.3. The molecule has 1 unspecified atom stereocenters. The highest BCUT2D eigenvalue weighted by Gasteiger charge is 2.55. The third kappa shape index (κ3) is 7.81. The lowest BCUT2D eigenvalue weighted by Crippen LogP contribution is -2.65. The topological polar surface area (TPSA) is 214 Å². The first-order chi connectivity index (χ1) is 26.5. The van der Waals surface area contributed by atoms with Crippen molar-refractivity contribution < 1.29 is 28.7 Å². The number of anilines is 4. The molecule has 4 aliphatic heterocycles. The fraction of sp³-hybridized carbons (Fsp3) is 0.541. The van der Waals surface area contributed by atoms with Crippen LogP contribution in [0.3, 0.4) is 0 Å². The van der Waals surface area contributed by atoms with E-state index in [0.29, 0.717) is 56.4 Å². The molecule has 2 atom stereocenters. The summed E-state index contributed by atoms with van der Waals surface area (Å²) in [5, 5.41) is 9.99. The molecule has 3 aromatic heterocycles. The number of ether oxygens (including phenoxy) is 1. The van der Waals surface area contributed by atoms with Gasteiger partial charge in [-0.25, -0.2) is 19.7 Å². The summed E-state index contributed by atoms with van der Waals surface area (Å²) in [4.78, 5) is 83.7. The van der Waals surface area contributed by atoms with Crippen LogP contribution in [-0.4, -0.2) is 134 Å². The molecule has 1 aliphatic carbocycles. The number of ketones is 2. The van der Waals surface area contributed by atoms with Crippen molar-refractivity contribution in [1.29, 1.82) is 0 Å². The first-order valence-electron chi connectivity index (χ1n) is 19.0. The Labute approximate surface area is 317 Å². The van der Waals surface area contributed by atoms with Crippen LogP contribution in [0.4, 0.5) is 27.8 Å². The number of amides is 3. The summed E-state index contributed by atoms with van der Waals surface area (Å²) in [6.45, 7) is 5.98. The Morgan fingerprint density at radius 2 is 1.80 bits per heavy atom. The third-order valence-corrected chi connectivity index (χ3v) is 11.4. The molecule has 1 spiro atoms. The van der Waals surface area contributed by atoms with Crippen LogP contribution in [0, 0.1) is 5.92 Å². The molecule has 0 bridgehead atoms. The minimum Gasteiger partial charge on any atom is -0.438 e. The molecule has 4 N–H and O–H groups in total. The number of aryl methyl sites for hydroxylation is 1. The molecule has 3 aromatic rings. The van der Waals surface area contributed by atoms with Crippen LogP contribution in [-0.2, 0) is 21.4 Å². The molecule has 5 aliphatic rings. The van der Waals surface area contributed by atoms with Crippen molar-refractivity contribution in [3.8, 4) is 0 Å². The fourth-order valence-electron chi connectivity index (χ4n) is 8.53. The van der Waals surface area contributed by atoms with Crippen LogP contribution in [0.2, 0.25) is 0 Å². The number of likely N-dealkylation sites (tertiary alicyclic amines) is 1. The van der Waals surface area contributed by atoms with Gasteiger partial charge in [-0.15, -0.1) is 0 Å². The van der Waals surface area contributed by atoms with Crippen molar-refractivity contribution in [2.75, 3.05) is 67.5 Å². The fourth-order valence-corrected chi connectivity index (χ4v) is 8.53. The second-order valence-electron chi connectivity index (χ2n) is 15.5. The van der Waals surface area contributed by atoms with E-state index in [1.807, 2.05) is 11.0 Å². The van der Waals surface area contributed by atoms with Gasteiger partial charge in [0.2, 0.25) is 0 Å². The predicted molar refractivity (Wildman–Crippen MR) is 199 cm³/mol. The van der Waals surface area contributed by atoms with Gasteiger partial charge in [-0.05, 0) is 50.2 Å². The van der Waals surface area contributed by atoms with Gasteiger partial charge < -0.3 is 30.9 Å². The van der Waals surface area contributed by atoms with E-state index in [1.165, 1.54) is 0 Å². The van der Waals surface area contributed by atoms with Crippen molar-refractivity contribution in [2.45, 2.75) is 62.6 Å². The summed E-state index contributed by atoms with van der Waals surface area (Å²) < 4.78 is 7.68. The maximum absolute atomic E-state index is 13.3. The Bertz CT molecular complexity index is 1970. The van der Waals surface area contributed by atoms with Crippen LogP contribution in [0.25, 0.3) is 0 Å². The molecule has 0 aromatic carbocycles. The number of carbonyl (C=O) groups is 5. The van der Waals surface area contributed by atoms with E-state index in [-0.39, 0.29) is 47.3 Å². The highest BCUT2D eigenvalue weighted by molar-refractivity contribution is 6.06. The zero-order valence-electron chi connectivity index (χ0n) is 30.9. The summed E-state index contributed by atoms with van der Waals surface area (Å²) >= 11 is 0. The largest absolute Gasteiger partial charge is 0.438 e. The number of rotatable bonds is 10. The molecule has 7 heterocycles. The number of hydrogen-bond donors (Lipinski definition) is 3. The zero-order valence-corrected chi connectivity index (χ0v) is 30.9. The van der Waals surface area contributed by atoms with Crippen molar-refractivity contribution in [3.05, 3.63) is 48.3 Å². The lowest BCUT2D eigenvalue weighted by molar-refractivity contribution is -0.131. The van der Waals surface area contributed by atoms with Crippen molar-refractivity contribution in [1.82, 2.24) is 39.8 Å². The maximum Gasteiger partial charge on any atom is 0.410 e. The third-order valence-electron chi connectivity index (χ3n) is 11.4. The van der Waals surface area contributed by atoms with Gasteiger partial charge in [0, 0.05) is 65.5 Å². The minimum atomic E-state index is -0.687. The molecule has 8 rings (SSSR count). The summed E-state index contributed by atoms with van der Waals surface area (Å²) in [6.07, 6.45) is 10.6. The molecule has 4 saturated heterocycles. The summed E-state index contributed by atoms with van der Waals surface area (Å²) in [5.74, 6) is -0.0589. The summed E-state index contributed by atoms with van der Waals surface area (Å²) in [5.41, 5.74) is 6.98. The number of aromatic nitrogens is 5. The van der Waals surface area contributed by atoms with Crippen LogP contribution in [0.5, 0.6) is 0 Å². The number of nitrogens with zero attached hydrogens (tertiary/aromatic N) is 9. The molecule has 1 saturated carbocycles. The SMILES string of the molecule is Cn1cc(Nc2nc(N3CCC[C@H](N4CC5(CN(CC6CCN(c7ccc(C(=O)NC8CCC(=O)CC8=O)nc7)CC6)C5)OC4=O)C3)cnc2C(N)=O)cn1. The van der Waals surface area contributed by atoms with Crippen LogP contribution in [0.1, 0.15) is 65.9 Å². The maximum atomic E-state index is 13.3. The van der Waals surface area contributed by atoms with E-state index in [2.05, 4.69) is 40.4 Å². The predicted octanol–water partition coefficient (Wildman–Crippen LogP) is 1.26. The quantitative estimate of drug-likeness (QED) is 0.249. The van der Waals surface area contributed by atoms with Gasteiger partial charge in [-0.3, -0.25) is 33.7 Å². The Kier molecular flexibility index (Phi) is 9.83.